The lowest BCUT2D eigenvalue weighted by molar-refractivity contribution is -0.137. The van der Waals surface area contributed by atoms with Crippen LogP contribution < -0.4 is 27.4 Å². The summed E-state index contributed by atoms with van der Waals surface area (Å²) >= 11 is 5.85. The Morgan fingerprint density at radius 1 is 1.02 bits per heavy atom. The molecule has 0 saturated heterocycles. The van der Waals surface area contributed by atoms with E-state index in [1.54, 1.807) is 0 Å². The van der Waals surface area contributed by atoms with Gasteiger partial charge in [-0.15, -0.1) is 0 Å². The van der Waals surface area contributed by atoms with Gasteiger partial charge in [0.25, 0.3) is 0 Å². The summed E-state index contributed by atoms with van der Waals surface area (Å²) in [4.78, 5) is 62.6. The van der Waals surface area contributed by atoms with Gasteiger partial charge in [0.15, 0.2) is 15.8 Å². The number of aliphatic carboxylic acids is 1. The summed E-state index contributed by atoms with van der Waals surface area (Å²) in [7, 11) is -3.91. The number of carboxylic acid groups (broad SMARTS) is 1. The van der Waals surface area contributed by atoms with E-state index in [1.165, 1.54) is 12.5 Å². The number of ether oxygens (including phenoxy) is 1. The third-order valence-corrected chi connectivity index (χ3v) is 9.73. The van der Waals surface area contributed by atoms with Crippen LogP contribution in [-0.2, 0) is 35.4 Å². The predicted molar refractivity (Wildman–Crippen MR) is 189 cm³/mol. The van der Waals surface area contributed by atoms with Crippen molar-refractivity contribution in [3.63, 3.8) is 0 Å². The fourth-order valence-corrected chi connectivity index (χ4v) is 6.12. The molecule has 1 heterocycles. The summed E-state index contributed by atoms with van der Waals surface area (Å²) in [6.07, 6.45) is 3.07. The lowest BCUT2D eigenvalue weighted by atomic mass is 9.98. The van der Waals surface area contributed by atoms with Crippen molar-refractivity contribution in [2.24, 2.45) is 16.5 Å². The normalized spacial score (nSPS) is 14.3. The van der Waals surface area contributed by atoms with Gasteiger partial charge < -0.3 is 42.2 Å². The highest BCUT2D eigenvalue weighted by Gasteiger charge is 2.32. The fourth-order valence-electron chi connectivity index (χ4n) is 5.56. The summed E-state index contributed by atoms with van der Waals surface area (Å²) in [6.45, 7) is 0.127. The molecule has 9 N–H and O–H groups in total. The van der Waals surface area contributed by atoms with Crippen molar-refractivity contribution < 1.29 is 37.4 Å². The Hall–Kier alpha value is -5.42. The number of rotatable bonds is 17. The molecule has 0 bridgehead atoms. The summed E-state index contributed by atoms with van der Waals surface area (Å²) in [6, 6.07) is 11.7. The molecule has 2 aromatic carbocycles. The van der Waals surface area contributed by atoms with Gasteiger partial charge in [0.1, 0.15) is 23.1 Å². The van der Waals surface area contributed by atoms with E-state index in [2.05, 4.69) is 30.9 Å². The van der Waals surface area contributed by atoms with Crippen LogP contribution in [0.2, 0.25) is 0 Å². The standard InChI is InChI=1S/C33H39ClN8O8S/c1-51(48,49)28(34)14-19(15-29(43)44)40-31(46)27(13-20-16-37-18-39-20)41-30(45)26(11-6-12-38-32(35)36)42-33(47)50-17-25-23-9-4-2-7-21(23)22-8-3-5-10-24(22)25/h2-5,7-10,14,16,18-19,25-27H,6,11-13,15,17H2,1H3,(H,37,39)(H,40,46)(H,41,45)(H,42,47)(H,43,44)(H4,35,36,38)/b28-14+/t19-,26+,27-/m1/s1. The maximum absolute atomic E-state index is 13.7. The molecule has 16 nitrogen and oxygen atoms in total. The molecule has 1 aromatic heterocycles. The van der Waals surface area contributed by atoms with Crippen molar-refractivity contribution in [3.05, 3.63) is 88.3 Å². The summed E-state index contributed by atoms with van der Waals surface area (Å²) in [5.41, 5.74) is 15.4. The van der Waals surface area contributed by atoms with Crippen molar-refractivity contribution in [2.75, 3.05) is 19.4 Å². The number of aromatic nitrogens is 2. The van der Waals surface area contributed by atoms with Crippen molar-refractivity contribution in [3.8, 4) is 11.1 Å². The first-order valence-corrected chi connectivity index (χ1v) is 18.0. The number of amides is 3. The van der Waals surface area contributed by atoms with E-state index in [-0.39, 0.29) is 44.3 Å². The van der Waals surface area contributed by atoms with E-state index < -0.39 is 62.6 Å². The number of guanidine groups is 1. The third kappa shape index (κ3) is 11.0. The van der Waals surface area contributed by atoms with E-state index in [9.17, 15) is 32.7 Å². The van der Waals surface area contributed by atoms with Gasteiger partial charge in [-0.2, -0.15) is 0 Å². The zero-order chi connectivity index (χ0) is 37.1. The number of hydrogen-bond donors (Lipinski definition) is 7. The van der Waals surface area contributed by atoms with Crippen molar-refractivity contribution in [1.82, 2.24) is 25.9 Å². The van der Waals surface area contributed by atoms with Crippen LogP contribution in [0, 0.1) is 0 Å². The van der Waals surface area contributed by atoms with E-state index in [0.29, 0.717) is 5.69 Å². The first-order chi connectivity index (χ1) is 24.2. The molecule has 3 amide bonds. The number of halogens is 1. The summed E-state index contributed by atoms with van der Waals surface area (Å²) in [5, 5.41) is 17.0. The molecule has 0 radical (unpaired) electrons. The number of carbonyl (C=O) groups excluding carboxylic acids is 3. The lowest BCUT2D eigenvalue weighted by Gasteiger charge is -2.24. The Morgan fingerprint density at radius 3 is 2.22 bits per heavy atom. The average molecular weight is 743 g/mol. The number of hydrogen-bond acceptors (Lipinski definition) is 9. The topological polar surface area (TPSA) is 261 Å². The Balaban J connectivity index is 1.51. The minimum absolute atomic E-state index is 0.0123. The molecule has 3 aromatic rings. The minimum atomic E-state index is -3.91. The number of aliphatic imine (C=N–C) groups is 1. The first-order valence-electron chi connectivity index (χ1n) is 15.8. The fraction of sp³-hybridized carbons (Fsp3) is 0.333. The number of nitrogens with two attached hydrogens (primary N) is 2. The monoisotopic (exact) mass is 742 g/mol. The number of H-pyrrole nitrogens is 1. The smallest absolute Gasteiger partial charge is 0.407 e. The SMILES string of the molecule is CS(=O)(=O)/C(Cl)=C/[C@H](CC(=O)O)NC(=O)[C@@H](Cc1cnc[nH]1)NC(=O)[C@H](CCCN=C(N)N)NC(=O)OCC1c2ccccc2-c2ccccc21. The third-order valence-electron chi connectivity index (χ3n) is 7.92. The Morgan fingerprint density at radius 2 is 1.65 bits per heavy atom. The lowest BCUT2D eigenvalue weighted by Crippen LogP contribution is -2.55. The molecular weight excluding hydrogens is 704 g/mol. The van der Waals surface area contributed by atoms with E-state index >= 15 is 0 Å². The number of alkyl carbamates (subject to hydrolysis) is 1. The molecule has 1 aliphatic carbocycles. The number of fused-ring (bicyclic) bond motifs is 3. The number of sulfone groups is 1. The molecule has 4 rings (SSSR count). The molecule has 51 heavy (non-hydrogen) atoms. The highest BCUT2D eigenvalue weighted by Crippen LogP contribution is 2.44. The molecule has 0 aliphatic heterocycles. The molecule has 272 valence electrons. The average Bonchev–Trinajstić information content (AvgIpc) is 3.70. The van der Waals surface area contributed by atoms with Crippen LogP contribution in [0.5, 0.6) is 0 Å². The maximum Gasteiger partial charge on any atom is 0.407 e. The predicted octanol–water partition coefficient (Wildman–Crippen LogP) is 1.48. The van der Waals surface area contributed by atoms with Crippen molar-refractivity contribution >= 4 is 51.3 Å². The molecule has 0 fully saturated rings. The van der Waals surface area contributed by atoms with Crippen molar-refractivity contribution in [2.45, 2.75) is 49.7 Å². The molecule has 1 aliphatic rings. The van der Waals surface area contributed by atoms with Crippen LogP contribution in [-0.4, -0.2) is 90.9 Å². The number of nitrogens with zero attached hydrogens (tertiary/aromatic N) is 2. The Labute approximate surface area is 299 Å². The highest BCUT2D eigenvalue weighted by atomic mass is 35.5. The van der Waals surface area contributed by atoms with E-state index in [1.807, 2.05) is 48.5 Å². The van der Waals surface area contributed by atoms with Gasteiger partial charge >= 0.3 is 12.1 Å². The summed E-state index contributed by atoms with van der Waals surface area (Å²) in [5.74, 6) is -3.37. The molecule has 0 saturated carbocycles. The van der Waals surface area contributed by atoms with Gasteiger partial charge in [0, 0.05) is 37.0 Å². The second kappa shape index (κ2) is 17.5. The van der Waals surface area contributed by atoms with Crippen molar-refractivity contribution in [1.29, 1.82) is 0 Å². The zero-order valence-electron chi connectivity index (χ0n) is 27.5. The van der Waals surface area contributed by atoms with E-state index in [0.717, 1.165) is 34.6 Å². The number of carboxylic acids is 1. The molecule has 0 spiro atoms. The second-order valence-corrected chi connectivity index (χ2v) is 14.4. The highest BCUT2D eigenvalue weighted by molar-refractivity contribution is 7.96. The van der Waals surface area contributed by atoms with Crippen LogP contribution in [0.15, 0.2) is 76.5 Å². The number of nitrogens with one attached hydrogen (secondary N) is 4. The second-order valence-electron chi connectivity index (χ2n) is 11.8. The van der Waals surface area contributed by atoms with Gasteiger partial charge in [-0.25, -0.2) is 18.2 Å². The number of imidazole rings is 1. The van der Waals surface area contributed by atoms with Crippen LogP contribution in [0.4, 0.5) is 4.79 Å². The molecular formula is C33H39ClN8O8S. The van der Waals surface area contributed by atoms with E-state index in [4.69, 9.17) is 27.8 Å². The molecule has 0 unspecified atom stereocenters. The number of benzene rings is 2. The Bertz CT molecular complexity index is 1850. The largest absolute Gasteiger partial charge is 0.481 e. The quantitative estimate of drug-likeness (QED) is 0.0592. The molecule has 18 heteroatoms. The van der Waals surface area contributed by atoms with Gasteiger partial charge in [0.05, 0.1) is 18.8 Å². The minimum Gasteiger partial charge on any atom is -0.481 e. The Kier molecular flexibility index (Phi) is 13.2. The van der Waals surface area contributed by atoms with Crippen LogP contribution in [0.3, 0.4) is 0 Å². The van der Waals surface area contributed by atoms with Gasteiger partial charge in [-0.3, -0.25) is 19.4 Å². The van der Waals surface area contributed by atoms with Crippen LogP contribution >= 0.6 is 11.6 Å². The first kappa shape index (κ1) is 38.4. The van der Waals surface area contributed by atoms with Gasteiger partial charge in [0.2, 0.25) is 11.8 Å². The van der Waals surface area contributed by atoms with Gasteiger partial charge in [-0.05, 0) is 41.2 Å². The summed E-state index contributed by atoms with van der Waals surface area (Å²) < 4.78 is 28.7. The van der Waals surface area contributed by atoms with Crippen LogP contribution in [0.1, 0.15) is 42.0 Å². The number of aromatic amines is 1. The number of carbonyl (C=O) groups is 4. The van der Waals surface area contributed by atoms with Crippen LogP contribution in [0.25, 0.3) is 11.1 Å². The zero-order valence-corrected chi connectivity index (χ0v) is 29.1. The maximum atomic E-state index is 13.7. The van der Waals surface area contributed by atoms with Gasteiger partial charge in [-0.1, -0.05) is 60.1 Å². The molecule has 3 atom stereocenters.